The molecule has 1 unspecified atom stereocenters. The van der Waals surface area contributed by atoms with Crippen LogP contribution in [0.5, 0.6) is 0 Å². The number of benzene rings is 1. The van der Waals surface area contributed by atoms with Crippen molar-refractivity contribution in [3.05, 3.63) is 95.8 Å². The number of pyridine rings is 1. The van der Waals surface area contributed by atoms with Crippen LogP contribution < -0.4 is 5.32 Å². The number of rotatable bonds is 5. The Morgan fingerprint density at radius 2 is 2.04 bits per heavy atom. The van der Waals surface area contributed by atoms with Crippen LogP contribution in [-0.2, 0) is 6.42 Å². The molecule has 0 spiro atoms. The van der Waals surface area contributed by atoms with Crippen molar-refractivity contribution in [2.24, 2.45) is 0 Å². The summed E-state index contributed by atoms with van der Waals surface area (Å²) in [5, 5.41) is 12.0. The number of imidazole rings is 1. The standard InChI is InChI=1S/C21H16N4O2/c22-13-18(19-9-5-11-27-19)24-21(26)17-8-4-10-25-14-16(23-20(17)25)12-15-6-2-1-3-7-15/h1-11,14,18H,12H2,(H,24,26). The number of hydrogen-bond donors (Lipinski definition) is 1. The largest absolute Gasteiger partial charge is 0.466 e. The van der Waals surface area contributed by atoms with Gasteiger partial charge in [0.1, 0.15) is 11.4 Å². The van der Waals surface area contributed by atoms with Gasteiger partial charge in [0.25, 0.3) is 5.91 Å². The van der Waals surface area contributed by atoms with Crippen LogP contribution in [0, 0.1) is 11.3 Å². The van der Waals surface area contributed by atoms with E-state index in [1.54, 1.807) is 24.3 Å². The Bertz CT molecular complexity index is 1110. The fourth-order valence-corrected chi connectivity index (χ4v) is 2.96. The molecule has 27 heavy (non-hydrogen) atoms. The summed E-state index contributed by atoms with van der Waals surface area (Å²) >= 11 is 0. The molecule has 132 valence electrons. The topological polar surface area (TPSA) is 83.3 Å². The molecule has 1 amide bonds. The SMILES string of the molecule is N#CC(NC(=O)c1cccn2cc(Cc3ccccc3)nc12)c1ccco1. The average molecular weight is 356 g/mol. The van der Waals surface area contributed by atoms with Crippen molar-refractivity contribution in [2.75, 3.05) is 0 Å². The van der Waals surface area contributed by atoms with Crippen molar-refractivity contribution in [3.8, 4) is 6.07 Å². The normalized spacial score (nSPS) is 11.8. The Balaban J connectivity index is 1.62. The van der Waals surface area contributed by atoms with Gasteiger partial charge in [0.15, 0.2) is 6.04 Å². The number of carbonyl (C=O) groups is 1. The van der Waals surface area contributed by atoms with E-state index in [0.717, 1.165) is 11.3 Å². The van der Waals surface area contributed by atoms with E-state index in [1.807, 2.05) is 53.2 Å². The predicted octanol–water partition coefficient (Wildman–Crippen LogP) is 3.51. The van der Waals surface area contributed by atoms with Gasteiger partial charge in [-0.2, -0.15) is 5.26 Å². The number of amides is 1. The van der Waals surface area contributed by atoms with Crippen LogP contribution >= 0.6 is 0 Å². The van der Waals surface area contributed by atoms with Gasteiger partial charge in [-0.3, -0.25) is 4.79 Å². The van der Waals surface area contributed by atoms with E-state index >= 15 is 0 Å². The number of hydrogen-bond acceptors (Lipinski definition) is 4. The van der Waals surface area contributed by atoms with Crippen molar-refractivity contribution in [1.29, 1.82) is 5.26 Å². The van der Waals surface area contributed by atoms with E-state index < -0.39 is 6.04 Å². The summed E-state index contributed by atoms with van der Waals surface area (Å²) in [6.07, 6.45) is 5.91. The summed E-state index contributed by atoms with van der Waals surface area (Å²) in [5.74, 6) is 0.0197. The second kappa shape index (κ2) is 7.18. The maximum Gasteiger partial charge on any atom is 0.256 e. The highest BCUT2D eigenvalue weighted by Gasteiger charge is 2.20. The van der Waals surface area contributed by atoms with Gasteiger partial charge in [-0.15, -0.1) is 0 Å². The van der Waals surface area contributed by atoms with Crippen LogP contribution in [0.15, 0.2) is 77.7 Å². The van der Waals surface area contributed by atoms with E-state index in [1.165, 1.54) is 6.26 Å². The van der Waals surface area contributed by atoms with E-state index in [0.29, 0.717) is 23.4 Å². The lowest BCUT2D eigenvalue weighted by molar-refractivity contribution is 0.0942. The van der Waals surface area contributed by atoms with Gasteiger partial charge >= 0.3 is 0 Å². The van der Waals surface area contributed by atoms with Crippen LogP contribution in [0.2, 0.25) is 0 Å². The summed E-state index contributed by atoms with van der Waals surface area (Å²) < 4.78 is 7.04. The van der Waals surface area contributed by atoms with Gasteiger partial charge in [-0.05, 0) is 29.8 Å². The lowest BCUT2D eigenvalue weighted by Crippen LogP contribution is -2.27. The second-order valence-electron chi connectivity index (χ2n) is 6.10. The molecule has 0 bridgehead atoms. The molecule has 0 aliphatic carbocycles. The minimum Gasteiger partial charge on any atom is -0.466 e. The van der Waals surface area contributed by atoms with Gasteiger partial charge in [0.2, 0.25) is 0 Å². The lowest BCUT2D eigenvalue weighted by Gasteiger charge is -2.09. The maximum absolute atomic E-state index is 12.7. The Morgan fingerprint density at radius 3 is 2.78 bits per heavy atom. The highest BCUT2D eigenvalue weighted by Crippen LogP contribution is 2.17. The fourth-order valence-electron chi connectivity index (χ4n) is 2.96. The molecule has 0 aliphatic rings. The molecule has 0 radical (unpaired) electrons. The van der Waals surface area contributed by atoms with E-state index in [9.17, 15) is 10.1 Å². The van der Waals surface area contributed by atoms with Gasteiger partial charge in [-0.25, -0.2) is 4.98 Å². The predicted molar refractivity (Wildman–Crippen MR) is 99.0 cm³/mol. The monoisotopic (exact) mass is 356 g/mol. The molecule has 0 fully saturated rings. The van der Waals surface area contributed by atoms with Crippen LogP contribution in [0.1, 0.15) is 33.4 Å². The Morgan fingerprint density at radius 1 is 1.19 bits per heavy atom. The highest BCUT2D eigenvalue weighted by molar-refractivity contribution is 6.00. The third-order valence-electron chi connectivity index (χ3n) is 4.24. The highest BCUT2D eigenvalue weighted by atomic mass is 16.3. The first-order valence-electron chi connectivity index (χ1n) is 8.49. The molecular weight excluding hydrogens is 340 g/mol. The Kier molecular flexibility index (Phi) is 4.42. The Hall–Kier alpha value is -3.85. The zero-order chi connectivity index (χ0) is 18.6. The molecule has 3 heterocycles. The van der Waals surface area contributed by atoms with Crippen molar-refractivity contribution < 1.29 is 9.21 Å². The summed E-state index contributed by atoms with van der Waals surface area (Å²) in [4.78, 5) is 17.4. The van der Waals surface area contributed by atoms with Gasteiger partial charge in [0.05, 0.1) is 23.6 Å². The summed E-state index contributed by atoms with van der Waals surface area (Å²) in [7, 11) is 0. The minimum atomic E-state index is -0.855. The van der Waals surface area contributed by atoms with Crippen molar-refractivity contribution >= 4 is 11.6 Å². The number of nitrogens with zero attached hydrogens (tertiary/aromatic N) is 3. The third kappa shape index (κ3) is 3.44. The number of carbonyl (C=O) groups excluding carboxylic acids is 1. The molecule has 3 aromatic heterocycles. The number of nitrogens with one attached hydrogen (secondary N) is 1. The van der Waals surface area contributed by atoms with Crippen molar-refractivity contribution in [1.82, 2.24) is 14.7 Å². The van der Waals surface area contributed by atoms with E-state index in [4.69, 9.17) is 4.42 Å². The van der Waals surface area contributed by atoms with Gasteiger partial charge < -0.3 is 14.1 Å². The molecule has 1 aromatic carbocycles. The first kappa shape index (κ1) is 16.6. The van der Waals surface area contributed by atoms with Crippen molar-refractivity contribution in [2.45, 2.75) is 12.5 Å². The molecule has 4 rings (SSSR count). The lowest BCUT2D eigenvalue weighted by atomic mass is 10.1. The third-order valence-corrected chi connectivity index (χ3v) is 4.24. The second-order valence-corrected chi connectivity index (χ2v) is 6.10. The van der Waals surface area contributed by atoms with Gasteiger partial charge in [-0.1, -0.05) is 30.3 Å². The van der Waals surface area contributed by atoms with Crippen LogP contribution in [0.3, 0.4) is 0 Å². The maximum atomic E-state index is 12.7. The fraction of sp³-hybridized carbons (Fsp3) is 0.0952. The molecule has 4 aromatic rings. The first-order chi connectivity index (χ1) is 13.2. The number of nitriles is 1. The summed E-state index contributed by atoms with van der Waals surface area (Å²) in [5.41, 5.74) is 2.97. The number of fused-ring (bicyclic) bond motifs is 1. The summed E-state index contributed by atoms with van der Waals surface area (Å²) in [6, 6.07) is 18.0. The number of aromatic nitrogens is 2. The molecule has 0 saturated carbocycles. The van der Waals surface area contributed by atoms with E-state index in [2.05, 4.69) is 10.3 Å². The average Bonchev–Trinajstić information content (AvgIpc) is 3.35. The van der Waals surface area contributed by atoms with Crippen LogP contribution in [-0.4, -0.2) is 15.3 Å². The molecule has 1 atom stereocenters. The van der Waals surface area contributed by atoms with Crippen LogP contribution in [0.4, 0.5) is 0 Å². The zero-order valence-electron chi connectivity index (χ0n) is 14.4. The molecular formula is C21H16N4O2. The molecule has 6 nitrogen and oxygen atoms in total. The molecule has 6 heteroatoms. The number of furan rings is 1. The zero-order valence-corrected chi connectivity index (χ0v) is 14.4. The summed E-state index contributed by atoms with van der Waals surface area (Å²) in [6.45, 7) is 0. The Labute approximate surface area is 155 Å². The smallest absolute Gasteiger partial charge is 0.256 e. The van der Waals surface area contributed by atoms with Crippen molar-refractivity contribution in [3.63, 3.8) is 0 Å². The molecule has 0 saturated heterocycles. The molecule has 1 N–H and O–H groups in total. The minimum absolute atomic E-state index is 0.375. The molecule has 0 aliphatic heterocycles. The first-order valence-corrected chi connectivity index (χ1v) is 8.49. The quantitative estimate of drug-likeness (QED) is 0.593. The van der Waals surface area contributed by atoms with Gasteiger partial charge in [0, 0.05) is 18.8 Å². The van der Waals surface area contributed by atoms with Crippen LogP contribution in [0.25, 0.3) is 5.65 Å². The van der Waals surface area contributed by atoms with E-state index in [-0.39, 0.29) is 5.91 Å².